The molecule has 34 heavy (non-hydrogen) atoms. The molecule has 4 aliphatic rings. The summed E-state index contributed by atoms with van der Waals surface area (Å²) in [5.41, 5.74) is 1.24. The number of hydrogen-bond acceptors (Lipinski definition) is 3. The normalized spacial score (nSPS) is 38.3. The molecule has 1 spiro atoms. The highest BCUT2D eigenvalue weighted by atomic mass is 32.2. The maximum Gasteiger partial charge on any atom is 0.485 e. The van der Waals surface area contributed by atoms with Crippen LogP contribution in [-0.2, 0) is 21.2 Å². The lowest BCUT2D eigenvalue weighted by molar-refractivity contribution is -0.886. The maximum absolute atomic E-state index is 14.2. The van der Waals surface area contributed by atoms with Crippen LogP contribution >= 0.6 is 11.8 Å². The molecule has 4 aliphatic heterocycles. The van der Waals surface area contributed by atoms with Crippen LogP contribution in [-0.4, -0.2) is 45.4 Å². The molecule has 0 amide bonds. The van der Waals surface area contributed by atoms with E-state index in [0.29, 0.717) is 10.4 Å². The summed E-state index contributed by atoms with van der Waals surface area (Å²) in [6.45, 7) is 7.21. The van der Waals surface area contributed by atoms with E-state index < -0.39 is 29.0 Å². The standard InChI is InChI=1S/C27H34BF2NO2S/c1-25(2)26(3,4)33-28(32-25)27(20-13-9-6-10-14-20)17-21-15-16-22(23(27)34-24(29)30)31(21,28)18-19-11-7-5-8-12-19/h5-14,21-24H,15-18H2,1-4H3/t21-,22+,23+,27+,31+/m0/s1. The van der Waals surface area contributed by atoms with E-state index in [1.807, 2.05) is 24.3 Å². The molecule has 3 nitrogen and oxygen atoms in total. The zero-order valence-corrected chi connectivity index (χ0v) is 21.2. The number of quaternary nitrogens is 1. The van der Waals surface area contributed by atoms with E-state index in [4.69, 9.17) is 9.31 Å². The van der Waals surface area contributed by atoms with E-state index >= 15 is 0 Å². The van der Waals surface area contributed by atoms with E-state index in [0.717, 1.165) is 43.1 Å². The van der Waals surface area contributed by atoms with Gasteiger partial charge in [-0.1, -0.05) is 78.0 Å². The van der Waals surface area contributed by atoms with Gasteiger partial charge in [0, 0.05) is 40.2 Å². The molecule has 2 aromatic carbocycles. The smallest absolute Gasteiger partial charge is 0.485 e. The third kappa shape index (κ3) is 2.65. The Bertz CT molecular complexity index is 1070. The van der Waals surface area contributed by atoms with Gasteiger partial charge in [0.1, 0.15) is 0 Å². The molecular formula is C27H34BF2NO2S. The second-order valence-electron chi connectivity index (χ2n) is 11.8. The van der Waals surface area contributed by atoms with Crippen LogP contribution in [0.15, 0.2) is 60.7 Å². The Morgan fingerprint density at radius 3 is 2.12 bits per heavy atom. The number of nitrogens with zero attached hydrogens (tertiary/aromatic N) is 1. The van der Waals surface area contributed by atoms with Gasteiger partial charge in [-0.2, -0.15) is 8.78 Å². The molecule has 4 saturated heterocycles. The van der Waals surface area contributed by atoms with Gasteiger partial charge in [0.25, 0.3) is 5.76 Å². The van der Waals surface area contributed by atoms with Crippen molar-refractivity contribution in [2.24, 2.45) is 0 Å². The summed E-state index contributed by atoms with van der Waals surface area (Å²) in [5, 5.41) is -0.851. The van der Waals surface area contributed by atoms with Crippen LogP contribution in [0.2, 0.25) is 0 Å². The zero-order valence-electron chi connectivity index (χ0n) is 20.4. The van der Waals surface area contributed by atoms with Crippen molar-refractivity contribution >= 4 is 18.4 Å². The van der Waals surface area contributed by atoms with E-state index in [1.54, 1.807) is 0 Å². The van der Waals surface area contributed by atoms with Crippen molar-refractivity contribution < 1.29 is 22.5 Å². The van der Waals surface area contributed by atoms with Gasteiger partial charge in [0.15, 0.2) is 0 Å². The van der Waals surface area contributed by atoms with Gasteiger partial charge in [-0.25, -0.2) is 0 Å². The molecule has 182 valence electrons. The van der Waals surface area contributed by atoms with E-state index in [1.165, 1.54) is 5.56 Å². The predicted molar refractivity (Wildman–Crippen MR) is 133 cm³/mol. The van der Waals surface area contributed by atoms with Gasteiger partial charge < -0.3 is 13.7 Å². The molecule has 4 fully saturated rings. The molecule has 0 N–H and O–H groups in total. The highest BCUT2D eigenvalue weighted by Crippen LogP contribution is 2.73. The van der Waals surface area contributed by atoms with Crippen LogP contribution in [0.1, 0.15) is 58.1 Å². The van der Waals surface area contributed by atoms with Crippen molar-refractivity contribution in [2.75, 3.05) is 0 Å². The first-order valence-electron chi connectivity index (χ1n) is 12.5. The lowest BCUT2D eigenvalue weighted by Gasteiger charge is -2.55. The lowest BCUT2D eigenvalue weighted by atomic mass is 9.45. The highest BCUT2D eigenvalue weighted by Gasteiger charge is 2.88. The van der Waals surface area contributed by atoms with Crippen LogP contribution < -0.4 is 0 Å². The van der Waals surface area contributed by atoms with Gasteiger partial charge in [0.2, 0.25) is 0 Å². The molecule has 0 unspecified atom stereocenters. The largest absolute Gasteiger partial charge is 0.507 e. The number of benzene rings is 2. The molecule has 2 aromatic rings. The van der Waals surface area contributed by atoms with Crippen molar-refractivity contribution in [1.82, 2.24) is 0 Å². The highest BCUT2D eigenvalue weighted by molar-refractivity contribution is 8.00. The number of hydrogen-bond donors (Lipinski definition) is 0. The predicted octanol–water partition coefficient (Wildman–Crippen LogP) is 6.30. The number of halogens is 2. The number of thioether (sulfide) groups is 1. The Labute approximate surface area is 205 Å². The second kappa shape index (κ2) is 7.31. The Kier molecular flexibility index (Phi) is 4.95. The molecule has 7 heteroatoms. The summed E-state index contributed by atoms with van der Waals surface area (Å²) < 4.78 is 43.7. The van der Waals surface area contributed by atoms with Crippen LogP contribution in [0.25, 0.3) is 0 Å². The molecular weight excluding hydrogens is 451 g/mol. The van der Waals surface area contributed by atoms with Crippen molar-refractivity contribution in [3.05, 3.63) is 71.8 Å². The molecule has 6 rings (SSSR count). The lowest BCUT2D eigenvalue weighted by Crippen LogP contribution is -2.70. The third-order valence-corrected chi connectivity index (χ3v) is 11.3. The summed E-state index contributed by atoms with van der Waals surface area (Å²) in [6, 6.07) is 21.2. The first kappa shape index (κ1) is 23.0. The summed E-state index contributed by atoms with van der Waals surface area (Å²) in [6.07, 6.45) is 2.80. The minimum absolute atomic E-state index is 0.0721. The molecule has 0 aromatic heterocycles. The number of alkyl halides is 2. The first-order valence-corrected chi connectivity index (χ1v) is 13.5. The summed E-state index contributed by atoms with van der Waals surface area (Å²) in [5.74, 6) is -2.43. The van der Waals surface area contributed by atoms with E-state index in [2.05, 4.69) is 64.1 Å². The Hall–Kier alpha value is -1.41. The van der Waals surface area contributed by atoms with Crippen LogP contribution in [0.4, 0.5) is 8.78 Å². The van der Waals surface area contributed by atoms with Crippen molar-refractivity contribution in [3.8, 4) is 0 Å². The molecule has 0 saturated carbocycles. The van der Waals surface area contributed by atoms with Gasteiger partial charge in [-0.3, -0.25) is 0 Å². The molecule has 0 aliphatic carbocycles. The fourth-order valence-electron chi connectivity index (χ4n) is 8.30. The first-order chi connectivity index (χ1) is 16.1. The summed E-state index contributed by atoms with van der Waals surface area (Å²) in [4.78, 5) is 0. The molecule has 0 radical (unpaired) electrons. The monoisotopic (exact) mass is 485 g/mol. The minimum Gasteiger partial charge on any atom is -0.507 e. The average Bonchev–Trinajstić information content (AvgIpc) is 3.30. The summed E-state index contributed by atoms with van der Waals surface area (Å²) in [7, 11) is 0. The van der Waals surface area contributed by atoms with Crippen LogP contribution in [0.5, 0.6) is 0 Å². The minimum atomic E-state index is -2.43. The van der Waals surface area contributed by atoms with Crippen LogP contribution in [0.3, 0.4) is 0 Å². The topological polar surface area (TPSA) is 18.5 Å². The van der Waals surface area contributed by atoms with Gasteiger partial charge >= 0.3 is 6.69 Å². The van der Waals surface area contributed by atoms with Crippen molar-refractivity contribution in [3.63, 3.8) is 0 Å². The van der Waals surface area contributed by atoms with Crippen LogP contribution in [0, 0.1) is 0 Å². The Balaban J connectivity index is 1.64. The Morgan fingerprint density at radius 2 is 1.53 bits per heavy atom. The molecule has 5 atom stereocenters. The maximum atomic E-state index is 14.2. The summed E-state index contributed by atoms with van der Waals surface area (Å²) >= 11 is 0.855. The zero-order chi connectivity index (χ0) is 24.0. The van der Waals surface area contributed by atoms with E-state index in [9.17, 15) is 8.78 Å². The Morgan fingerprint density at radius 1 is 0.941 bits per heavy atom. The van der Waals surface area contributed by atoms with Gasteiger partial charge in [-0.05, 0) is 34.1 Å². The molecule has 2 bridgehead atoms. The van der Waals surface area contributed by atoms with Crippen molar-refractivity contribution in [1.29, 1.82) is 0 Å². The fraction of sp³-hybridized carbons (Fsp3) is 0.556. The fourth-order valence-corrected chi connectivity index (χ4v) is 9.71. The average molecular weight is 485 g/mol. The van der Waals surface area contributed by atoms with Gasteiger partial charge in [-0.15, -0.1) is 0 Å². The quantitative estimate of drug-likeness (QED) is 0.464. The SMILES string of the molecule is CC1(C)O[B-]2(OC1(C)C)[C@@]1(c3ccccc3)C[C@@H]3CC[C@H]([C@H]1SC(F)F)[N@@+]32Cc1ccccc1. The van der Waals surface area contributed by atoms with Crippen molar-refractivity contribution in [2.45, 2.75) is 93.1 Å². The molecule has 4 heterocycles. The second-order valence-corrected chi connectivity index (χ2v) is 12.9. The number of piperidine rings is 1. The van der Waals surface area contributed by atoms with E-state index in [-0.39, 0.29) is 11.3 Å². The number of rotatable bonds is 5. The third-order valence-electron chi connectivity index (χ3n) is 10.0. The van der Waals surface area contributed by atoms with Gasteiger partial charge in [0.05, 0.1) is 18.6 Å².